The molecule has 0 aromatic heterocycles. The van der Waals surface area contributed by atoms with Crippen LogP contribution < -0.4 is 10.0 Å². The molecule has 0 bridgehead atoms. The lowest BCUT2D eigenvalue weighted by atomic mass is 9.87. The number of sulfonamides is 1. The predicted molar refractivity (Wildman–Crippen MR) is 121 cm³/mol. The highest BCUT2D eigenvalue weighted by molar-refractivity contribution is 7.92. The Morgan fingerprint density at radius 3 is 2.45 bits per heavy atom. The van der Waals surface area contributed by atoms with E-state index in [-0.39, 0.29) is 28.1 Å². The van der Waals surface area contributed by atoms with Crippen molar-refractivity contribution < 1.29 is 22.7 Å². The van der Waals surface area contributed by atoms with Crippen LogP contribution in [-0.2, 0) is 25.0 Å². The summed E-state index contributed by atoms with van der Waals surface area (Å²) < 4.78 is 33.7. The van der Waals surface area contributed by atoms with E-state index in [2.05, 4.69) is 16.6 Å². The van der Waals surface area contributed by atoms with Gasteiger partial charge in [0.05, 0.1) is 16.1 Å². The first-order chi connectivity index (χ1) is 14.5. The number of hydrogen-bond acceptors (Lipinski definition) is 5. The van der Waals surface area contributed by atoms with Crippen molar-refractivity contribution in [1.82, 2.24) is 5.32 Å². The van der Waals surface area contributed by atoms with E-state index < -0.39 is 28.5 Å². The summed E-state index contributed by atoms with van der Waals surface area (Å²) in [6.45, 7) is 11.0. The summed E-state index contributed by atoms with van der Waals surface area (Å²) in [4.78, 5) is 24.2. The molecule has 0 heterocycles. The summed E-state index contributed by atoms with van der Waals surface area (Å²) in [6.07, 6.45) is 1.50. The zero-order chi connectivity index (χ0) is 23.2. The van der Waals surface area contributed by atoms with Gasteiger partial charge in [-0.15, -0.1) is 6.58 Å². The number of ether oxygens (including phenoxy) is 1. The first-order valence-corrected chi connectivity index (χ1v) is 11.2. The molecular formula is C23H28N2O5S. The number of para-hydroxylation sites is 1. The monoisotopic (exact) mass is 444 g/mol. The van der Waals surface area contributed by atoms with E-state index in [1.807, 2.05) is 26.8 Å². The summed E-state index contributed by atoms with van der Waals surface area (Å²) in [6, 6.07) is 11.4. The molecule has 0 atom stereocenters. The fraction of sp³-hybridized carbons (Fsp3) is 0.304. The highest BCUT2D eigenvalue weighted by Gasteiger charge is 2.24. The smallest absolute Gasteiger partial charge is 0.340 e. The average molecular weight is 445 g/mol. The molecule has 31 heavy (non-hydrogen) atoms. The van der Waals surface area contributed by atoms with E-state index >= 15 is 0 Å². The van der Waals surface area contributed by atoms with Crippen LogP contribution in [0.1, 0.15) is 42.3 Å². The number of benzene rings is 2. The summed E-state index contributed by atoms with van der Waals surface area (Å²) in [7, 11) is -3.97. The number of aryl methyl sites for hydroxylation is 1. The van der Waals surface area contributed by atoms with Gasteiger partial charge in [-0.25, -0.2) is 13.2 Å². The fourth-order valence-corrected chi connectivity index (χ4v) is 4.10. The third kappa shape index (κ3) is 6.42. The molecule has 0 unspecified atom stereocenters. The molecule has 0 radical (unpaired) electrons. The first-order valence-electron chi connectivity index (χ1n) is 9.73. The third-order valence-electron chi connectivity index (χ3n) is 4.51. The standard InChI is InChI=1S/C23H28N2O5S/c1-6-13-24-21(26)15-30-22(27)18-9-7-8-10-19(18)25-31(28,29)20-14-17(23(3,4)5)12-11-16(20)2/h6-12,14,25H,1,13,15H2,2-5H3,(H,24,26). The Morgan fingerprint density at radius 2 is 1.81 bits per heavy atom. The Labute approximate surface area is 183 Å². The first kappa shape index (κ1) is 24.1. The lowest BCUT2D eigenvalue weighted by Crippen LogP contribution is -2.29. The molecule has 2 aromatic carbocycles. The van der Waals surface area contributed by atoms with Gasteiger partial charge in [0.15, 0.2) is 6.61 Å². The van der Waals surface area contributed by atoms with Crippen LogP contribution in [0.15, 0.2) is 60.0 Å². The number of anilines is 1. The zero-order valence-electron chi connectivity index (χ0n) is 18.2. The summed E-state index contributed by atoms with van der Waals surface area (Å²) >= 11 is 0. The van der Waals surface area contributed by atoms with Gasteiger partial charge < -0.3 is 10.1 Å². The number of rotatable bonds is 8. The van der Waals surface area contributed by atoms with E-state index in [4.69, 9.17) is 4.74 Å². The second-order valence-electron chi connectivity index (χ2n) is 8.05. The van der Waals surface area contributed by atoms with Crippen molar-refractivity contribution in [3.8, 4) is 0 Å². The minimum atomic E-state index is -3.97. The van der Waals surface area contributed by atoms with Gasteiger partial charge in [-0.1, -0.05) is 51.1 Å². The number of hydrogen-bond donors (Lipinski definition) is 2. The molecule has 1 amide bonds. The lowest BCUT2D eigenvalue weighted by Gasteiger charge is -2.21. The van der Waals surface area contributed by atoms with Gasteiger partial charge in [-0.05, 0) is 41.7 Å². The van der Waals surface area contributed by atoms with Crippen LogP contribution in [0, 0.1) is 6.92 Å². The average Bonchev–Trinajstić information content (AvgIpc) is 2.69. The molecule has 2 rings (SSSR count). The lowest BCUT2D eigenvalue weighted by molar-refractivity contribution is -0.124. The predicted octanol–water partition coefficient (Wildman–Crippen LogP) is 3.55. The third-order valence-corrected chi connectivity index (χ3v) is 6.02. The van der Waals surface area contributed by atoms with Crippen LogP contribution in [0.4, 0.5) is 5.69 Å². The molecule has 166 valence electrons. The molecule has 8 heteroatoms. The molecule has 0 fully saturated rings. The second-order valence-corrected chi connectivity index (χ2v) is 9.70. The van der Waals surface area contributed by atoms with Gasteiger partial charge in [0.2, 0.25) is 0 Å². The van der Waals surface area contributed by atoms with Crippen LogP contribution in [0.3, 0.4) is 0 Å². The highest BCUT2D eigenvalue weighted by atomic mass is 32.2. The van der Waals surface area contributed by atoms with Gasteiger partial charge in [-0.3, -0.25) is 9.52 Å². The summed E-state index contributed by atoms with van der Waals surface area (Å²) in [5, 5.41) is 2.49. The van der Waals surface area contributed by atoms with Crippen LogP contribution >= 0.6 is 0 Å². The van der Waals surface area contributed by atoms with Gasteiger partial charge in [0.25, 0.3) is 15.9 Å². The molecular weight excluding hydrogens is 416 g/mol. The normalized spacial score (nSPS) is 11.5. The number of amides is 1. The topological polar surface area (TPSA) is 102 Å². The van der Waals surface area contributed by atoms with Crippen LogP contribution in [0.5, 0.6) is 0 Å². The number of nitrogens with one attached hydrogen (secondary N) is 2. The Morgan fingerprint density at radius 1 is 1.13 bits per heavy atom. The van der Waals surface area contributed by atoms with Crippen molar-refractivity contribution in [2.45, 2.75) is 38.0 Å². The van der Waals surface area contributed by atoms with E-state index in [0.29, 0.717) is 5.56 Å². The maximum atomic E-state index is 13.1. The van der Waals surface area contributed by atoms with Gasteiger partial charge >= 0.3 is 5.97 Å². The van der Waals surface area contributed by atoms with Crippen molar-refractivity contribution in [1.29, 1.82) is 0 Å². The zero-order valence-corrected chi connectivity index (χ0v) is 19.0. The molecule has 2 N–H and O–H groups in total. The van der Waals surface area contributed by atoms with Crippen LogP contribution in [0.25, 0.3) is 0 Å². The molecule has 0 aliphatic carbocycles. The molecule has 2 aromatic rings. The van der Waals surface area contributed by atoms with Crippen LogP contribution in [0.2, 0.25) is 0 Å². The summed E-state index contributed by atoms with van der Waals surface area (Å²) in [5.74, 6) is -1.30. The van der Waals surface area contributed by atoms with E-state index in [0.717, 1.165) is 5.56 Å². The van der Waals surface area contributed by atoms with Crippen molar-refractivity contribution in [3.05, 3.63) is 71.8 Å². The highest BCUT2D eigenvalue weighted by Crippen LogP contribution is 2.28. The maximum Gasteiger partial charge on any atom is 0.340 e. The van der Waals surface area contributed by atoms with Crippen molar-refractivity contribution in [2.24, 2.45) is 0 Å². The Hall–Kier alpha value is -3.13. The molecule has 7 nitrogen and oxygen atoms in total. The Balaban J connectivity index is 2.28. The number of carbonyl (C=O) groups is 2. The van der Waals surface area contributed by atoms with Gasteiger partial charge in [0, 0.05) is 6.54 Å². The van der Waals surface area contributed by atoms with Crippen molar-refractivity contribution >= 4 is 27.6 Å². The molecule has 0 saturated carbocycles. The van der Waals surface area contributed by atoms with Crippen molar-refractivity contribution in [2.75, 3.05) is 17.9 Å². The second kappa shape index (κ2) is 9.78. The molecule has 0 aliphatic rings. The Kier molecular flexibility index (Phi) is 7.62. The Bertz CT molecular complexity index is 1090. The van der Waals surface area contributed by atoms with Crippen molar-refractivity contribution in [3.63, 3.8) is 0 Å². The van der Waals surface area contributed by atoms with Crippen LogP contribution in [-0.4, -0.2) is 33.4 Å². The molecule has 0 spiro atoms. The quantitative estimate of drug-likeness (QED) is 0.479. The number of carbonyl (C=O) groups excluding carboxylic acids is 2. The van der Waals surface area contributed by atoms with Gasteiger partial charge in [0.1, 0.15) is 0 Å². The minimum absolute atomic E-state index is 0.00669. The minimum Gasteiger partial charge on any atom is -0.452 e. The maximum absolute atomic E-state index is 13.1. The van der Waals surface area contributed by atoms with E-state index in [1.54, 1.807) is 31.2 Å². The SMILES string of the molecule is C=CCNC(=O)COC(=O)c1ccccc1NS(=O)(=O)c1cc(C(C)(C)C)ccc1C. The fourth-order valence-electron chi connectivity index (χ4n) is 2.75. The number of esters is 1. The van der Waals surface area contributed by atoms with Gasteiger partial charge in [-0.2, -0.15) is 0 Å². The molecule has 0 aliphatic heterocycles. The summed E-state index contributed by atoms with van der Waals surface area (Å²) in [5.41, 5.74) is 1.30. The molecule has 0 saturated heterocycles. The largest absolute Gasteiger partial charge is 0.452 e. The van der Waals surface area contributed by atoms with E-state index in [1.165, 1.54) is 18.2 Å². The van der Waals surface area contributed by atoms with E-state index in [9.17, 15) is 18.0 Å².